The first-order valence-electron chi connectivity index (χ1n) is 8.55. The summed E-state index contributed by atoms with van der Waals surface area (Å²) in [6, 6.07) is 0. The van der Waals surface area contributed by atoms with Gasteiger partial charge in [0, 0.05) is 7.11 Å². The third-order valence-electron chi connectivity index (χ3n) is 3.55. The van der Waals surface area contributed by atoms with Crippen LogP contribution in [-0.4, -0.2) is 53.4 Å². The molecule has 0 heterocycles. The highest BCUT2D eigenvalue weighted by Gasteiger charge is 2.28. The van der Waals surface area contributed by atoms with Crippen LogP contribution in [0.1, 0.15) is 53.9 Å². The lowest BCUT2D eigenvalue weighted by Gasteiger charge is -2.34. The van der Waals surface area contributed by atoms with Crippen molar-refractivity contribution in [3.05, 3.63) is 0 Å². The van der Waals surface area contributed by atoms with Gasteiger partial charge in [-0.1, -0.05) is 41.0 Å². The van der Waals surface area contributed by atoms with E-state index in [9.17, 15) is 0 Å². The van der Waals surface area contributed by atoms with Crippen molar-refractivity contribution >= 4 is 0 Å². The number of methoxy groups -OCH3 is 1. The summed E-state index contributed by atoms with van der Waals surface area (Å²) in [5.41, 5.74) is 0.597. The van der Waals surface area contributed by atoms with Crippen LogP contribution in [0.5, 0.6) is 0 Å². The van der Waals surface area contributed by atoms with Gasteiger partial charge in [0.2, 0.25) is 0 Å². The molecule has 0 aromatic rings. The molecule has 0 aliphatic carbocycles. The molecule has 0 atom stereocenters. The molecular weight excluding hydrogens is 280 g/mol. The van der Waals surface area contributed by atoms with Crippen molar-refractivity contribution < 1.29 is 18.9 Å². The van der Waals surface area contributed by atoms with Crippen molar-refractivity contribution in [2.75, 3.05) is 53.4 Å². The predicted molar refractivity (Wildman–Crippen MR) is 91.4 cm³/mol. The van der Waals surface area contributed by atoms with E-state index < -0.39 is 0 Å². The molecular formula is C18H38O4. The maximum Gasteiger partial charge on any atom is 0.0701 e. The van der Waals surface area contributed by atoms with E-state index in [4.69, 9.17) is 18.9 Å². The summed E-state index contributed by atoms with van der Waals surface area (Å²) in [5.74, 6) is 0. The summed E-state index contributed by atoms with van der Waals surface area (Å²) in [5, 5.41) is 0. The topological polar surface area (TPSA) is 36.9 Å². The highest BCUT2D eigenvalue weighted by atomic mass is 16.6. The Bertz CT molecular complexity index is 251. The van der Waals surface area contributed by atoms with Gasteiger partial charge in [-0.15, -0.1) is 0 Å². The maximum atomic E-state index is 5.78. The van der Waals surface area contributed by atoms with Crippen molar-refractivity contribution in [1.82, 2.24) is 0 Å². The first-order chi connectivity index (χ1) is 10.3. The smallest absolute Gasteiger partial charge is 0.0701 e. The van der Waals surface area contributed by atoms with Gasteiger partial charge in [-0.05, 0) is 23.7 Å². The van der Waals surface area contributed by atoms with Crippen LogP contribution < -0.4 is 0 Å². The number of hydrogen-bond acceptors (Lipinski definition) is 4. The molecule has 0 aromatic carbocycles. The lowest BCUT2D eigenvalue weighted by atomic mass is 9.73. The molecule has 0 unspecified atom stereocenters. The van der Waals surface area contributed by atoms with E-state index in [0.29, 0.717) is 45.1 Å². The molecule has 0 saturated carbocycles. The molecule has 0 aliphatic heterocycles. The summed E-state index contributed by atoms with van der Waals surface area (Å²) in [6.07, 6.45) is 3.69. The maximum absolute atomic E-state index is 5.78. The van der Waals surface area contributed by atoms with Gasteiger partial charge in [-0.25, -0.2) is 0 Å². The molecule has 0 spiro atoms. The Labute approximate surface area is 137 Å². The zero-order valence-corrected chi connectivity index (χ0v) is 15.7. The fourth-order valence-corrected chi connectivity index (χ4v) is 3.04. The van der Waals surface area contributed by atoms with Gasteiger partial charge in [-0.2, -0.15) is 0 Å². The monoisotopic (exact) mass is 318 g/mol. The fourth-order valence-electron chi connectivity index (χ4n) is 3.04. The van der Waals surface area contributed by atoms with Crippen LogP contribution in [0.25, 0.3) is 0 Å². The summed E-state index contributed by atoms with van der Waals surface area (Å²) in [6.45, 7) is 16.1. The van der Waals surface area contributed by atoms with Gasteiger partial charge < -0.3 is 18.9 Å². The lowest BCUT2D eigenvalue weighted by Crippen LogP contribution is -2.28. The Morgan fingerprint density at radius 3 is 1.68 bits per heavy atom. The first-order valence-corrected chi connectivity index (χ1v) is 8.55. The SMILES string of the molecule is CCCC(C)(C)CC(C)(C)COCCOCCOCCOC. The summed E-state index contributed by atoms with van der Waals surface area (Å²) >= 11 is 0. The molecule has 134 valence electrons. The van der Waals surface area contributed by atoms with Crippen LogP contribution >= 0.6 is 0 Å². The lowest BCUT2D eigenvalue weighted by molar-refractivity contribution is -0.0164. The zero-order valence-electron chi connectivity index (χ0n) is 15.7. The molecule has 0 amide bonds. The van der Waals surface area contributed by atoms with E-state index in [1.54, 1.807) is 7.11 Å². The van der Waals surface area contributed by atoms with E-state index >= 15 is 0 Å². The van der Waals surface area contributed by atoms with Crippen LogP contribution in [-0.2, 0) is 18.9 Å². The Kier molecular flexibility index (Phi) is 12.2. The average molecular weight is 318 g/mol. The molecule has 4 nitrogen and oxygen atoms in total. The number of hydrogen-bond donors (Lipinski definition) is 0. The fraction of sp³-hybridized carbons (Fsp3) is 1.00. The second-order valence-corrected chi connectivity index (χ2v) is 7.53. The molecule has 22 heavy (non-hydrogen) atoms. The quantitative estimate of drug-likeness (QED) is 0.429. The van der Waals surface area contributed by atoms with Crippen LogP contribution in [0.3, 0.4) is 0 Å². The van der Waals surface area contributed by atoms with Gasteiger partial charge in [0.05, 0.1) is 46.2 Å². The third kappa shape index (κ3) is 13.5. The van der Waals surface area contributed by atoms with Gasteiger partial charge in [0.15, 0.2) is 0 Å². The second-order valence-electron chi connectivity index (χ2n) is 7.53. The summed E-state index contributed by atoms with van der Waals surface area (Å²) in [4.78, 5) is 0. The molecule has 0 bridgehead atoms. The van der Waals surface area contributed by atoms with Crippen molar-refractivity contribution in [2.45, 2.75) is 53.9 Å². The van der Waals surface area contributed by atoms with Crippen LogP contribution in [0.15, 0.2) is 0 Å². The van der Waals surface area contributed by atoms with Gasteiger partial charge in [0.1, 0.15) is 0 Å². The van der Waals surface area contributed by atoms with E-state index in [1.165, 1.54) is 19.3 Å². The number of rotatable bonds is 15. The summed E-state index contributed by atoms with van der Waals surface area (Å²) in [7, 11) is 1.67. The summed E-state index contributed by atoms with van der Waals surface area (Å²) < 4.78 is 21.5. The van der Waals surface area contributed by atoms with Crippen molar-refractivity contribution in [3.63, 3.8) is 0 Å². The van der Waals surface area contributed by atoms with Gasteiger partial charge >= 0.3 is 0 Å². The Morgan fingerprint density at radius 2 is 1.18 bits per heavy atom. The van der Waals surface area contributed by atoms with Crippen molar-refractivity contribution in [2.24, 2.45) is 10.8 Å². The van der Waals surface area contributed by atoms with E-state index in [-0.39, 0.29) is 5.41 Å². The molecule has 0 saturated heterocycles. The molecule has 0 fully saturated rings. The molecule has 0 aliphatic rings. The van der Waals surface area contributed by atoms with Crippen LogP contribution in [0.4, 0.5) is 0 Å². The molecule has 0 aromatic heterocycles. The third-order valence-corrected chi connectivity index (χ3v) is 3.55. The van der Waals surface area contributed by atoms with Crippen molar-refractivity contribution in [3.8, 4) is 0 Å². The minimum absolute atomic E-state index is 0.210. The minimum atomic E-state index is 0.210. The Hall–Kier alpha value is -0.160. The van der Waals surface area contributed by atoms with Crippen molar-refractivity contribution in [1.29, 1.82) is 0 Å². The molecule has 0 N–H and O–H groups in total. The van der Waals surface area contributed by atoms with Crippen LogP contribution in [0, 0.1) is 10.8 Å². The highest BCUT2D eigenvalue weighted by molar-refractivity contribution is 4.78. The minimum Gasteiger partial charge on any atom is -0.382 e. The standard InChI is InChI=1S/C18H38O4/c1-7-8-17(2,3)15-18(4,5)16-22-14-13-21-12-11-20-10-9-19-6/h7-16H2,1-6H3. The molecule has 0 rings (SSSR count). The zero-order chi connectivity index (χ0) is 16.9. The largest absolute Gasteiger partial charge is 0.382 e. The van der Waals surface area contributed by atoms with E-state index in [0.717, 1.165) is 6.61 Å². The normalized spacial score (nSPS) is 12.8. The highest BCUT2D eigenvalue weighted by Crippen LogP contribution is 2.37. The van der Waals surface area contributed by atoms with Gasteiger partial charge in [-0.3, -0.25) is 0 Å². The second kappa shape index (κ2) is 12.3. The Balaban J connectivity index is 3.56. The van der Waals surface area contributed by atoms with E-state index in [2.05, 4.69) is 34.6 Å². The predicted octanol–water partition coefficient (Wildman–Crippen LogP) is 3.93. The van der Waals surface area contributed by atoms with Gasteiger partial charge in [0.25, 0.3) is 0 Å². The first kappa shape index (κ1) is 21.8. The average Bonchev–Trinajstić information content (AvgIpc) is 2.39. The van der Waals surface area contributed by atoms with E-state index in [1.807, 2.05) is 0 Å². The Morgan fingerprint density at radius 1 is 0.682 bits per heavy atom. The molecule has 0 radical (unpaired) electrons. The molecule has 4 heteroatoms. The van der Waals surface area contributed by atoms with Crippen LogP contribution in [0.2, 0.25) is 0 Å². The number of ether oxygens (including phenoxy) is 4.